The Morgan fingerprint density at radius 3 is 2.66 bits per heavy atom. The lowest BCUT2D eigenvalue weighted by molar-refractivity contribution is 0.0107. The number of aryl methyl sites for hydroxylation is 1. The van der Waals surface area contributed by atoms with E-state index in [1.807, 2.05) is 45.0 Å². The smallest absolute Gasteiger partial charge is 0.259 e. The van der Waals surface area contributed by atoms with Gasteiger partial charge in [0.1, 0.15) is 5.82 Å². The van der Waals surface area contributed by atoms with Gasteiger partial charge in [-0.15, -0.1) is 0 Å². The normalized spacial score (nSPS) is 17.1. The number of halogens is 1. The summed E-state index contributed by atoms with van der Waals surface area (Å²) in [4.78, 5) is 30.8. The molecule has 0 radical (unpaired) electrons. The number of aromatic amines is 1. The van der Waals surface area contributed by atoms with E-state index in [0.717, 1.165) is 57.4 Å². The maximum Gasteiger partial charge on any atom is 0.259 e. The van der Waals surface area contributed by atoms with Crippen molar-refractivity contribution in [3.63, 3.8) is 0 Å². The third-order valence-corrected chi connectivity index (χ3v) is 8.37. The molecule has 4 N–H and O–H groups in total. The molecule has 0 fully saturated rings. The number of carbonyl (C=O) groups is 2. The first-order chi connectivity index (χ1) is 18.0. The fourth-order valence-electron chi connectivity index (χ4n) is 6.25. The molecule has 0 saturated heterocycles. The van der Waals surface area contributed by atoms with Crippen molar-refractivity contribution in [3.8, 4) is 11.1 Å². The number of rotatable bonds is 4. The lowest BCUT2D eigenvalue weighted by Gasteiger charge is -2.32. The molecule has 0 bridgehead atoms. The summed E-state index contributed by atoms with van der Waals surface area (Å²) in [6, 6.07) is 13.9. The van der Waals surface area contributed by atoms with Crippen LogP contribution in [0.1, 0.15) is 63.4 Å². The summed E-state index contributed by atoms with van der Waals surface area (Å²) in [7, 11) is 0. The summed E-state index contributed by atoms with van der Waals surface area (Å²) in [6.07, 6.45) is 2.28. The summed E-state index contributed by atoms with van der Waals surface area (Å²) in [5, 5.41) is 11.6. The summed E-state index contributed by atoms with van der Waals surface area (Å²) < 4.78 is 13.8. The first-order valence-corrected chi connectivity index (χ1v) is 12.9. The number of fused-ring (bicyclic) bond motifs is 4. The van der Waals surface area contributed by atoms with Gasteiger partial charge in [0.05, 0.1) is 23.2 Å². The van der Waals surface area contributed by atoms with E-state index in [1.54, 1.807) is 17.0 Å². The minimum atomic E-state index is -0.808. The Labute approximate surface area is 220 Å². The molecule has 2 aliphatic rings. The molecule has 1 aromatic heterocycles. The Morgan fingerprint density at radius 2 is 1.92 bits per heavy atom. The Morgan fingerprint density at radius 1 is 1.13 bits per heavy atom. The molecule has 6 nitrogen and oxygen atoms in total. The van der Waals surface area contributed by atoms with Crippen LogP contribution in [0, 0.1) is 18.7 Å². The highest BCUT2D eigenvalue weighted by molar-refractivity contribution is 6.13. The third-order valence-electron chi connectivity index (χ3n) is 8.37. The number of carbonyl (C=O) groups excluding carboxylic acids is 2. The van der Waals surface area contributed by atoms with Crippen LogP contribution in [0.15, 0.2) is 48.5 Å². The number of nitrogens with one attached hydrogen (secondary N) is 1. The first kappa shape index (κ1) is 24.4. The van der Waals surface area contributed by atoms with Crippen LogP contribution in [0.2, 0.25) is 0 Å². The van der Waals surface area contributed by atoms with Gasteiger partial charge >= 0.3 is 0 Å². The topological polar surface area (TPSA) is 99.4 Å². The molecule has 3 aromatic carbocycles. The van der Waals surface area contributed by atoms with Crippen LogP contribution in [-0.4, -0.2) is 27.5 Å². The molecule has 7 heteroatoms. The van der Waals surface area contributed by atoms with Gasteiger partial charge in [-0.2, -0.15) is 0 Å². The van der Waals surface area contributed by atoms with E-state index in [0.29, 0.717) is 29.6 Å². The van der Waals surface area contributed by atoms with E-state index in [1.165, 1.54) is 12.1 Å². The number of primary amides is 1. The zero-order valence-corrected chi connectivity index (χ0v) is 21.7. The zero-order chi connectivity index (χ0) is 26.9. The molecule has 0 spiro atoms. The fraction of sp³-hybridized carbons (Fsp3) is 0.290. The van der Waals surface area contributed by atoms with E-state index in [2.05, 4.69) is 4.98 Å². The molecular weight excluding hydrogens is 481 g/mol. The van der Waals surface area contributed by atoms with Crippen LogP contribution in [0.3, 0.4) is 0 Å². The summed E-state index contributed by atoms with van der Waals surface area (Å²) in [5.41, 5.74) is 13.0. The second kappa shape index (κ2) is 8.53. The number of aliphatic hydroxyl groups is 1. The monoisotopic (exact) mass is 511 g/mol. The molecule has 0 saturated carbocycles. The largest absolute Gasteiger partial charge is 0.390 e. The highest BCUT2D eigenvalue weighted by atomic mass is 19.1. The SMILES string of the molecule is Cc1c(-c2ccc(C(N)=O)c3[nH]c4c(c23)CCC(C(C)(C)O)C4)cccc1N1Cc2ccc(F)cc2C1=O. The molecule has 2 heterocycles. The van der Waals surface area contributed by atoms with Crippen molar-refractivity contribution in [2.75, 3.05) is 4.90 Å². The fourth-order valence-corrected chi connectivity index (χ4v) is 6.25. The average Bonchev–Trinajstić information content (AvgIpc) is 3.40. The number of H-pyrrole nitrogens is 1. The number of nitrogens with zero attached hydrogens (tertiary/aromatic N) is 1. The van der Waals surface area contributed by atoms with Crippen LogP contribution >= 0.6 is 0 Å². The molecule has 1 atom stereocenters. The van der Waals surface area contributed by atoms with E-state index in [9.17, 15) is 19.1 Å². The molecule has 1 unspecified atom stereocenters. The molecule has 38 heavy (non-hydrogen) atoms. The van der Waals surface area contributed by atoms with Crippen LogP contribution in [-0.2, 0) is 19.4 Å². The van der Waals surface area contributed by atoms with Crippen LogP contribution < -0.4 is 10.6 Å². The predicted molar refractivity (Wildman–Crippen MR) is 146 cm³/mol. The summed E-state index contributed by atoms with van der Waals surface area (Å²) in [5.74, 6) is -1.05. The molecular formula is C31H30FN3O3. The molecule has 194 valence electrons. The van der Waals surface area contributed by atoms with E-state index in [-0.39, 0.29) is 11.8 Å². The Hall–Kier alpha value is -3.97. The Balaban J connectivity index is 1.50. The Kier molecular flexibility index (Phi) is 5.47. The second-order valence-electron chi connectivity index (χ2n) is 11.1. The number of hydrogen-bond donors (Lipinski definition) is 3. The number of aromatic nitrogens is 1. The lowest BCUT2D eigenvalue weighted by Crippen LogP contribution is -2.34. The van der Waals surface area contributed by atoms with Crippen molar-refractivity contribution in [1.29, 1.82) is 0 Å². The van der Waals surface area contributed by atoms with Crippen LogP contribution in [0.5, 0.6) is 0 Å². The first-order valence-electron chi connectivity index (χ1n) is 12.9. The number of anilines is 1. The van der Waals surface area contributed by atoms with Crippen molar-refractivity contribution in [2.45, 2.75) is 52.2 Å². The van der Waals surface area contributed by atoms with Crippen LogP contribution in [0.4, 0.5) is 10.1 Å². The van der Waals surface area contributed by atoms with Crippen molar-refractivity contribution in [3.05, 3.63) is 87.9 Å². The lowest BCUT2D eigenvalue weighted by atomic mass is 9.77. The summed E-state index contributed by atoms with van der Waals surface area (Å²) >= 11 is 0. The number of amides is 2. The van der Waals surface area contributed by atoms with Gasteiger partial charge in [0.15, 0.2) is 0 Å². The molecule has 6 rings (SSSR count). The van der Waals surface area contributed by atoms with Gasteiger partial charge in [-0.05, 0) is 98.0 Å². The van der Waals surface area contributed by atoms with E-state index in [4.69, 9.17) is 5.73 Å². The van der Waals surface area contributed by atoms with Crippen molar-refractivity contribution in [2.24, 2.45) is 11.7 Å². The maximum absolute atomic E-state index is 13.8. The van der Waals surface area contributed by atoms with E-state index < -0.39 is 17.3 Å². The van der Waals surface area contributed by atoms with Gasteiger partial charge < -0.3 is 20.7 Å². The van der Waals surface area contributed by atoms with Crippen molar-refractivity contribution < 1.29 is 19.1 Å². The molecule has 1 aliphatic carbocycles. The minimum Gasteiger partial charge on any atom is -0.390 e. The maximum atomic E-state index is 13.8. The molecule has 4 aromatic rings. The quantitative estimate of drug-likeness (QED) is 0.341. The standard InChI is InChI=1S/C31H30FN3O3/c1-16-20(5-4-6-26(16)35-15-17-7-9-19(32)14-24(17)30(35)37)21-11-12-23(29(33)36)28-27(21)22-10-8-18(31(2,3)38)13-25(22)34-28/h4-7,9,11-12,14,18,34,38H,8,10,13,15H2,1-3H3,(H2,33,36). The number of benzene rings is 3. The molecule has 2 amide bonds. The van der Waals surface area contributed by atoms with Crippen molar-refractivity contribution >= 4 is 28.4 Å². The highest BCUT2D eigenvalue weighted by Crippen LogP contribution is 2.43. The molecule has 1 aliphatic heterocycles. The second-order valence-corrected chi connectivity index (χ2v) is 11.1. The average molecular weight is 512 g/mol. The van der Waals surface area contributed by atoms with Gasteiger partial charge in [-0.25, -0.2) is 4.39 Å². The minimum absolute atomic E-state index is 0.0984. The number of hydrogen-bond acceptors (Lipinski definition) is 3. The van der Waals surface area contributed by atoms with Gasteiger partial charge in [0.2, 0.25) is 0 Å². The summed E-state index contributed by atoms with van der Waals surface area (Å²) in [6.45, 7) is 6.05. The highest BCUT2D eigenvalue weighted by Gasteiger charge is 2.34. The Bertz CT molecular complexity index is 1650. The number of nitrogens with two attached hydrogens (primary N) is 1. The van der Waals surface area contributed by atoms with Gasteiger partial charge in [-0.3, -0.25) is 9.59 Å². The van der Waals surface area contributed by atoms with E-state index >= 15 is 0 Å². The van der Waals surface area contributed by atoms with Gasteiger partial charge in [0.25, 0.3) is 11.8 Å². The third kappa shape index (κ3) is 3.72. The van der Waals surface area contributed by atoms with Gasteiger partial charge in [0, 0.05) is 22.3 Å². The van der Waals surface area contributed by atoms with Gasteiger partial charge in [-0.1, -0.05) is 24.3 Å². The van der Waals surface area contributed by atoms with Crippen molar-refractivity contribution in [1.82, 2.24) is 4.98 Å². The zero-order valence-electron chi connectivity index (χ0n) is 21.7. The predicted octanol–water partition coefficient (Wildman–Crippen LogP) is 5.42. The van der Waals surface area contributed by atoms with Crippen LogP contribution in [0.25, 0.3) is 22.0 Å².